The molecule has 0 aliphatic carbocycles. The van der Waals surface area contributed by atoms with Crippen molar-refractivity contribution in [1.29, 1.82) is 0 Å². The molecule has 140 valence electrons. The third kappa shape index (κ3) is 4.91. The molecule has 0 unspecified atom stereocenters. The Hall–Kier alpha value is -2.69. The quantitative estimate of drug-likeness (QED) is 0.734. The average Bonchev–Trinajstić information content (AvgIpc) is 2.67. The molecule has 1 atom stereocenters. The van der Waals surface area contributed by atoms with Gasteiger partial charge in [0.2, 0.25) is 5.91 Å². The van der Waals surface area contributed by atoms with Gasteiger partial charge in [0.25, 0.3) is 0 Å². The second-order valence-corrected chi connectivity index (χ2v) is 5.87. The number of nitrogens with one attached hydrogen (secondary N) is 1. The van der Waals surface area contributed by atoms with E-state index in [2.05, 4.69) is 5.32 Å². The first kappa shape index (κ1) is 19.6. The van der Waals surface area contributed by atoms with Crippen LogP contribution in [0, 0.1) is 0 Å². The maximum Gasteiger partial charge on any atom is 0.220 e. The van der Waals surface area contributed by atoms with E-state index in [1.165, 1.54) is 0 Å². The van der Waals surface area contributed by atoms with Crippen molar-refractivity contribution >= 4 is 5.91 Å². The van der Waals surface area contributed by atoms with Crippen LogP contribution in [-0.4, -0.2) is 26.7 Å². The van der Waals surface area contributed by atoms with E-state index in [1.807, 2.05) is 56.3 Å². The number of carbonyl (C=O) groups excluding carboxylic acids is 1. The SMILES string of the molecule is CCCC(=O)N[C@@H](c1ccc(OCC)cc1)c1ccc(OC)c(OC)c1. The fourth-order valence-corrected chi connectivity index (χ4v) is 2.77. The van der Waals surface area contributed by atoms with Gasteiger partial charge in [-0.3, -0.25) is 4.79 Å². The van der Waals surface area contributed by atoms with Crippen molar-refractivity contribution in [1.82, 2.24) is 5.32 Å². The van der Waals surface area contributed by atoms with Crippen LogP contribution in [0.5, 0.6) is 17.2 Å². The molecule has 1 amide bonds. The third-order valence-corrected chi connectivity index (χ3v) is 4.05. The number of ether oxygens (including phenoxy) is 3. The molecular formula is C21H27NO4. The molecule has 0 aliphatic heterocycles. The van der Waals surface area contributed by atoms with Gasteiger partial charge in [-0.2, -0.15) is 0 Å². The summed E-state index contributed by atoms with van der Waals surface area (Å²) >= 11 is 0. The number of hydrogen-bond acceptors (Lipinski definition) is 4. The van der Waals surface area contributed by atoms with Gasteiger partial charge in [-0.25, -0.2) is 0 Å². The highest BCUT2D eigenvalue weighted by Crippen LogP contribution is 2.32. The Morgan fingerprint density at radius 3 is 2.19 bits per heavy atom. The van der Waals surface area contributed by atoms with Gasteiger partial charge >= 0.3 is 0 Å². The van der Waals surface area contributed by atoms with Crippen molar-refractivity contribution in [2.24, 2.45) is 0 Å². The lowest BCUT2D eigenvalue weighted by Crippen LogP contribution is -2.29. The Morgan fingerprint density at radius 1 is 0.962 bits per heavy atom. The van der Waals surface area contributed by atoms with Gasteiger partial charge in [0.15, 0.2) is 11.5 Å². The smallest absolute Gasteiger partial charge is 0.220 e. The number of benzene rings is 2. The van der Waals surface area contributed by atoms with E-state index in [4.69, 9.17) is 14.2 Å². The summed E-state index contributed by atoms with van der Waals surface area (Å²) in [6, 6.07) is 13.2. The lowest BCUT2D eigenvalue weighted by Gasteiger charge is -2.21. The van der Waals surface area contributed by atoms with Gasteiger partial charge in [-0.05, 0) is 48.7 Å². The second kappa shape index (κ2) is 9.70. The summed E-state index contributed by atoms with van der Waals surface area (Å²) in [4.78, 5) is 12.3. The lowest BCUT2D eigenvalue weighted by molar-refractivity contribution is -0.121. The lowest BCUT2D eigenvalue weighted by atomic mass is 9.97. The van der Waals surface area contributed by atoms with E-state index < -0.39 is 0 Å². The van der Waals surface area contributed by atoms with E-state index in [1.54, 1.807) is 14.2 Å². The Balaban J connectivity index is 2.38. The standard InChI is InChI=1S/C21H27NO4/c1-5-7-20(23)22-21(15-8-11-17(12-9-15)26-6-2)16-10-13-18(24-3)19(14-16)25-4/h8-14,21H,5-7H2,1-4H3,(H,22,23)/t21-/m0/s1. The summed E-state index contributed by atoms with van der Waals surface area (Å²) in [5.74, 6) is 2.11. The van der Waals surface area contributed by atoms with Gasteiger partial charge in [-0.1, -0.05) is 25.1 Å². The predicted molar refractivity (Wildman–Crippen MR) is 102 cm³/mol. The molecule has 0 radical (unpaired) electrons. The monoisotopic (exact) mass is 357 g/mol. The van der Waals surface area contributed by atoms with Gasteiger partial charge < -0.3 is 19.5 Å². The van der Waals surface area contributed by atoms with E-state index in [0.29, 0.717) is 24.5 Å². The first-order valence-electron chi connectivity index (χ1n) is 8.86. The molecule has 5 heteroatoms. The fourth-order valence-electron chi connectivity index (χ4n) is 2.77. The number of amides is 1. The summed E-state index contributed by atoms with van der Waals surface area (Å²) in [6.07, 6.45) is 1.29. The normalized spacial score (nSPS) is 11.5. The molecule has 0 bridgehead atoms. The Labute approximate surface area is 155 Å². The van der Waals surface area contributed by atoms with Crippen LogP contribution in [0.15, 0.2) is 42.5 Å². The van der Waals surface area contributed by atoms with Crippen LogP contribution in [-0.2, 0) is 4.79 Å². The largest absolute Gasteiger partial charge is 0.494 e. The van der Waals surface area contributed by atoms with Crippen LogP contribution < -0.4 is 19.5 Å². The molecule has 0 fully saturated rings. The topological polar surface area (TPSA) is 56.8 Å². The molecule has 0 saturated heterocycles. The second-order valence-electron chi connectivity index (χ2n) is 5.87. The molecule has 1 N–H and O–H groups in total. The molecule has 26 heavy (non-hydrogen) atoms. The van der Waals surface area contributed by atoms with Gasteiger partial charge in [-0.15, -0.1) is 0 Å². The van der Waals surface area contributed by atoms with Crippen molar-refractivity contribution in [3.05, 3.63) is 53.6 Å². The highest BCUT2D eigenvalue weighted by molar-refractivity contribution is 5.77. The maximum absolute atomic E-state index is 12.3. The first-order chi connectivity index (χ1) is 12.6. The molecule has 0 heterocycles. The first-order valence-corrected chi connectivity index (χ1v) is 8.86. The number of hydrogen-bond donors (Lipinski definition) is 1. The van der Waals surface area contributed by atoms with Crippen molar-refractivity contribution in [2.45, 2.75) is 32.7 Å². The van der Waals surface area contributed by atoms with Crippen LogP contribution in [0.1, 0.15) is 43.9 Å². The van der Waals surface area contributed by atoms with Crippen LogP contribution in [0.2, 0.25) is 0 Å². The minimum Gasteiger partial charge on any atom is -0.494 e. The van der Waals surface area contributed by atoms with Crippen molar-refractivity contribution in [2.75, 3.05) is 20.8 Å². The molecule has 5 nitrogen and oxygen atoms in total. The number of carbonyl (C=O) groups is 1. The Kier molecular flexibility index (Phi) is 7.33. The molecule has 2 rings (SSSR count). The summed E-state index contributed by atoms with van der Waals surface area (Å²) in [5, 5.41) is 3.11. The average molecular weight is 357 g/mol. The molecule has 0 saturated carbocycles. The Bertz CT molecular complexity index is 712. The van der Waals surface area contributed by atoms with Gasteiger partial charge in [0, 0.05) is 6.42 Å². The summed E-state index contributed by atoms with van der Waals surface area (Å²) in [6.45, 7) is 4.55. The predicted octanol–water partition coefficient (Wildman–Crippen LogP) is 4.11. The van der Waals surface area contributed by atoms with Crippen LogP contribution in [0.4, 0.5) is 0 Å². The molecule has 2 aromatic rings. The minimum absolute atomic E-state index is 0.0150. The van der Waals surface area contributed by atoms with Crippen LogP contribution in [0.3, 0.4) is 0 Å². The number of rotatable bonds is 9. The van der Waals surface area contributed by atoms with E-state index in [-0.39, 0.29) is 11.9 Å². The Morgan fingerprint density at radius 2 is 1.62 bits per heavy atom. The van der Waals surface area contributed by atoms with Crippen molar-refractivity contribution < 1.29 is 19.0 Å². The van der Waals surface area contributed by atoms with Gasteiger partial charge in [0.1, 0.15) is 5.75 Å². The number of methoxy groups -OCH3 is 2. The summed E-state index contributed by atoms with van der Waals surface area (Å²) in [7, 11) is 3.20. The van der Waals surface area contributed by atoms with E-state index in [9.17, 15) is 4.79 Å². The fraction of sp³-hybridized carbons (Fsp3) is 0.381. The van der Waals surface area contributed by atoms with E-state index in [0.717, 1.165) is 23.3 Å². The van der Waals surface area contributed by atoms with Crippen LogP contribution >= 0.6 is 0 Å². The minimum atomic E-state index is -0.274. The van der Waals surface area contributed by atoms with E-state index >= 15 is 0 Å². The third-order valence-electron chi connectivity index (χ3n) is 4.05. The molecule has 0 spiro atoms. The maximum atomic E-state index is 12.3. The molecule has 2 aromatic carbocycles. The summed E-state index contributed by atoms with van der Waals surface area (Å²) < 4.78 is 16.2. The van der Waals surface area contributed by atoms with Crippen LogP contribution in [0.25, 0.3) is 0 Å². The zero-order chi connectivity index (χ0) is 18.9. The highest BCUT2D eigenvalue weighted by Gasteiger charge is 2.19. The molecule has 0 aromatic heterocycles. The van der Waals surface area contributed by atoms with Crippen molar-refractivity contribution in [3.63, 3.8) is 0 Å². The highest BCUT2D eigenvalue weighted by atomic mass is 16.5. The van der Waals surface area contributed by atoms with Gasteiger partial charge in [0.05, 0.1) is 26.9 Å². The zero-order valence-corrected chi connectivity index (χ0v) is 15.9. The molecule has 0 aliphatic rings. The zero-order valence-electron chi connectivity index (χ0n) is 15.9. The molecular weight excluding hydrogens is 330 g/mol. The van der Waals surface area contributed by atoms with Crippen molar-refractivity contribution in [3.8, 4) is 17.2 Å². The summed E-state index contributed by atoms with van der Waals surface area (Å²) in [5.41, 5.74) is 1.90.